The standard InChI is InChI=1S/C17H18N2O4S2/c1-11-4-6-14-12(8-11)9-15(23-14)17(20)18-10-13-5-7-16(24-13)25(21,22)19(2)3/h4-9H,10H2,1-3H3,(H,18,20). The van der Waals surface area contributed by atoms with Crippen LogP contribution in [-0.4, -0.2) is 32.7 Å². The molecule has 0 fully saturated rings. The number of thiophene rings is 1. The lowest BCUT2D eigenvalue weighted by atomic mass is 10.2. The summed E-state index contributed by atoms with van der Waals surface area (Å²) in [5.41, 5.74) is 1.75. The number of aryl methyl sites for hydroxylation is 1. The van der Waals surface area contributed by atoms with Crippen LogP contribution in [0.1, 0.15) is 21.0 Å². The van der Waals surface area contributed by atoms with Crippen molar-refractivity contribution in [3.8, 4) is 0 Å². The molecule has 0 saturated carbocycles. The zero-order chi connectivity index (χ0) is 18.2. The molecule has 0 bridgehead atoms. The Labute approximate surface area is 150 Å². The zero-order valence-corrected chi connectivity index (χ0v) is 15.7. The maximum atomic E-state index is 12.3. The smallest absolute Gasteiger partial charge is 0.287 e. The van der Waals surface area contributed by atoms with Gasteiger partial charge in [0.25, 0.3) is 15.9 Å². The van der Waals surface area contributed by atoms with Gasteiger partial charge in [-0.2, -0.15) is 0 Å². The van der Waals surface area contributed by atoms with Gasteiger partial charge in [0, 0.05) is 24.4 Å². The number of sulfonamides is 1. The fourth-order valence-corrected chi connectivity index (χ4v) is 4.77. The minimum atomic E-state index is -3.45. The van der Waals surface area contributed by atoms with Crippen molar-refractivity contribution < 1.29 is 17.6 Å². The lowest BCUT2D eigenvalue weighted by molar-refractivity contribution is 0.0925. The molecule has 1 amide bonds. The van der Waals surface area contributed by atoms with Crippen LogP contribution < -0.4 is 5.32 Å². The number of hydrogen-bond donors (Lipinski definition) is 1. The number of nitrogens with zero attached hydrogens (tertiary/aromatic N) is 1. The molecule has 3 rings (SSSR count). The number of nitrogens with one attached hydrogen (secondary N) is 1. The number of rotatable bonds is 5. The molecule has 6 nitrogen and oxygen atoms in total. The summed E-state index contributed by atoms with van der Waals surface area (Å²) in [6.45, 7) is 2.21. The van der Waals surface area contributed by atoms with Gasteiger partial charge in [0.05, 0.1) is 6.54 Å². The molecule has 1 N–H and O–H groups in total. The molecule has 25 heavy (non-hydrogen) atoms. The molecule has 0 radical (unpaired) electrons. The summed E-state index contributed by atoms with van der Waals surface area (Å²) >= 11 is 1.14. The Morgan fingerprint density at radius 3 is 2.68 bits per heavy atom. The first-order valence-electron chi connectivity index (χ1n) is 7.57. The lowest BCUT2D eigenvalue weighted by Crippen LogP contribution is -2.22. The van der Waals surface area contributed by atoms with Gasteiger partial charge in [-0.1, -0.05) is 11.6 Å². The van der Waals surface area contributed by atoms with E-state index in [4.69, 9.17) is 4.42 Å². The molecule has 0 atom stereocenters. The number of furan rings is 1. The Balaban J connectivity index is 1.71. The number of benzene rings is 1. The van der Waals surface area contributed by atoms with Crippen molar-refractivity contribution in [3.05, 3.63) is 52.6 Å². The molecule has 1 aromatic carbocycles. The van der Waals surface area contributed by atoms with Crippen molar-refractivity contribution in [3.63, 3.8) is 0 Å². The van der Waals surface area contributed by atoms with Crippen molar-refractivity contribution >= 4 is 38.2 Å². The summed E-state index contributed by atoms with van der Waals surface area (Å²) in [5.74, 6) is -0.0995. The molecule has 0 aliphatic rings. The summed E-state index contributed by atoms with van der Waals surface area (Å²) in [6, 6.07) is 10.7. The molecule has 3 aromatic rings. The van der Waals surface area contributed by atoms with Gasteiger partial charge in [0.1, 0.15) is 9.79 Å². The molecule has 0 aliphatic heterocycles. The number of carbonyl (C=O) groups excluding carboxylic acids is 1. The largest absolute Gasteiger partial charge is 0.451 e. The Bertz CT molecular complexity index is 1030. The van der Waals surface area contributed by atoms with Gasteiger partial charge < -0.3 is 9.73 Å². The summed E-state index contributed by atoms with van der Waals surface area (Å²) in [6.07, 6.45) is 0. The van der Waals surface area contributed by atoms with Gasteiger partial charge in [-0.25, -0.2) is 12.7 Å². The Hall–Kier alpha value is -2.16. The van der Waals surface area contributed by atoms with E-state index in [1.807, 2.05) is 25.1 Å². The SMILES string of the molecule is Cc1ccc2oc(C(=O)NCc3ccc(S(=O)(=O)N(C)C)s3)cc2c1. The highest BCUT2D eigenvalue weighted by Crippen LogP contribution is 2.24. The fraction of sp³-hybridized carbons (Fsp3) is 0.235. The second-order valence-electron chi connectivity index (χ2n) is 5.84. The van der Waals surface area contributed by atoms with Gasteiger partial charge >= 0.3 is 0 Å². The highest BCUT2D eigenvalue weighted by Gasteiger charge is 2.20. The van der Waals surface area contributed by atoms with E-state index in [1.54, 1.807) is 18.2 Å². The Morgan fingerprint density at radius 1 is 1.20 bits per heavy atom. The van der Waals surface area contributed by atoms with E-state index in [-0.39, 0.29) is 22.4 Å². The van der Waals surface area contributed by atoms with Crippen LogP contribution in [0, 0.1) is 6.92 Å². The van der Waals surface area contributed by atoms with Gasteiger partial charge in [-0.05, 0) is 37.3 Å². The van der Waals surface area contributed by atoms with Crippen molar-refractivity contribution in [1.29, 1.82) is 0 Å². The monoisotopic (exact) mass is 378 g/mol. The average Bonchev–Trinajstić information content (AvgIpc) is 3.19. The van der Waals surface area contributed by atoms with Crippen LogP contribution in [0.5, 0.6) is 0 Å². The average molecular weight is 378 g/mol. The van der Waals surface area contributed by atoms with Crippen LogP contribution >= 0.6 is 11.3 Å². The van der Waals surface area contributed by atoms with Crippen LogP contribution in [-0.2, 0) is 16.6 Å². The molecule has 0 saturated heterocycles. The number of fused-ring (bicyclic) bond motifs is 1. The second-order valence-corrected chi connectivity index (χ2v) is 9.39. The maximum absolute atomic E-state index is 12.3. The molecular formula is C17H18N2O4S2. The molecule has 2 aromatic heterocycles. The molecule has 0 aliphatic carbocycles. The Morgan fingerprint density at radius 2 is 1.96 bits per heavy atom. The van der Waals surface area contributed by atoms with Crippen LogP contribution in [0.15, 0.2) is 45.0 Å². The second kappa shape index (κ2) is 6.62. The Kier molecular flexibility index (Phi) is 4.68. The normalized spacial score (nSPS) is 12.0. The predicted octanol–water partition coefficient (Wildman–Crippen LogP) is 2.98. The van der Waals surface area contributed by atoms with Crippen LogP contribution in [0.25, 0.3) is 11.0 Å². The molecule has 2 heterocycles. The highest BCUT2D eigenvalue weighted by atomic mass is 32.2. The van der Waals surface area contributed by atoms with Crippen LogP contribution in [0.2, 0.25) is 0 Å². The van der Waals surface area contributed by atoms with Gasteiger partial charge in [-0.3, -0.25) is 4.79 Å². The lowest BCUT2D eigenvalue weighted by Gasteiger charge is -2.08. The van der Waals surface area contributed by atoms with E-state index in [0.29, 0.717) is 5.58 Å². The van der Waals surface area contributed by atoms with Crippen LogP contribution in [0.3, 0.4) is 0 Å². The van der Waals surface area contributed by atoms with Gasteiger partial charge in [0.2, 0.25) is 0 Å². The zero-order valence-electron chi connectivity index (χ0n) is 14.1. The third-order valence-electron chi connectivity index (χ3n) is 3.69. The first kappa shape index (κ1) is 17.7. The van der Waals surface area contributed by atoms with E-state index in [9.17, 15) is 13.2 Å². The molecule has 8 heteroatoms. The van der Waals surface area contributed by atoms with Crippen molar-refractivity contribution in [1.82, 2.24) is 9.62 Å². The molecule has 0 unspecified atom stereocenters. The minimum Gasteiger partial charge on any atom is -0.451 e. The highest BCUT2D eigenvalue weighted by molar-refractivity contribution is 7.91. The first-order valence-corrected chi connectivity index (χ1v) is 9.82. The third-order valence-corrected chi connectivity index (χ3v) is 7.06. The third kappa shape index (κ3) is 3.60. The fourth-order valence-electron chi connectivity index (χ4n) is 2.30. The summed E-state index contributed by atoms with van der Waals surface area (Å²) in [5, 5.41) is 3.63. The molecule has 0 spiro atoms. The van der Waals surface area contributed by atoms with Crippen LogP contribution in [0.4, 0.5) is 0 Å². The number of amides is 1. The van der Waals surface area contributed by atoms with Gasteiger partial charge in [-0.15, -0.1) is 11.3 Å². The van der Waals surface area contributed by atoms with E-state index in [1.165, 1.54) is 14.1 Å². The van der Waals surface area contributed by atoms with E-state index in [0.717, 1.165) is 31.5 Å². The topological polar surface area (TPSA) is 79.6 Å². The van der Waals surface area contributed by atoms with Crippen molar-refractivity contribution in [2.24, 2.45) is 0 Å². The number of carbonyl (C=O) groups is 1. The minimum absolute atomic E-state index is 0.235. The number of hydrogen-bond acceptors (Lipinski definition) is 5. The van der Waals surface area contributed by atoms with E-state index in [2.05, 4.69) is 5.32 Å². The molecular weight excluding hydrogens is 360 g/mol. The molecule has 132 valence electrons. The summed E-state index contributed by atoms with van der Waals surface area (Å²) in [7, 11) is -0.476. The van der Waals surface area contributed by atoms with E-state index >= 15 is 0 Å². The summed E-state index contributed by atoms with van der Waals surface area (Å²) < 4.78 is 31.1. The first-order chi connectivity index (χ1) is 11.8. The van der Waals surface area contributed by atoms with Gasteiger partial charge in [0.15, 0.2) is 5.76 Å². The van der Waals surface area contributed by atoms with Crippen molar-refractivity contribution in [2.45, 2.75) is 17.7 Å². The summed E-state index contributed by atoms with van der Waals surface area (Å²) in [4.78, 5) is 13.0. The quantitative estimate of drug-likeness (QED) is 0.740. The maximum Gasteiger partial charge on any atom is 0.287 e. The van der Waals surface area contributed by atoms with Crippen molar-refractivity contribution in [2.75, 3.05) is 14.1 Å². The predicted molar refractivity (Wildman–Crippen MR) is 97.3 cm³/mol. The van der Waals surface area contributed by atoms with E-state index < -0.39 is 10.0 Å².